The highest BCUT2D eigenvalue weighted by Gasteiger charge is 2.12. The lowest BCUT2D eigenvalue weighted by Crippen LogP contribution is -2.19. The van der Waals surface area contributed by atoms with Crippen molar-refractivity contribution < 1.29 is 9.53 Å². The summed E-state index contributed by atoms with van der Waals surface area (Å²) in [6.07, 6.45) is 4.40. The van der Waals surface area contributed by atoms with Crippen molar-refractivity contribution in [3.63, 3.8) is 0 Å². The maximum atomic E-state index is 9.82. The van der Waals surface area contributed by atoms with Gasteiger partial charge in [0, 0.05) is 42.7 Å². The molecule has 0 aliphatic rings. The summed E-state index contributed by atoms with van der Waals surface area (Å²) < 4.78 is 6.80. The number of allylic oxidation sites excluding steroid dienone is 2. The zero-order valence-corrected chi connectivity index (χ0v) is 24.4. The lowest BCUT2D eigenvalue weighted by molar-refractivity contribution is -0.140. The molecule has 1 N–H and O–H groups in total. The van der Waals surface area contributed by atoms with Gasteiger partial charge in [-0.05, 0) is 69.0 Å². The van der Waals surface area contributed by atoms with Crippen molar-refractivity contribution in [2.24, 2.45) is 0 Å². The third-order valence-electron chi connectivity index (χ3n) is 4.26. The summed E-state index contributed by atoms with van der Waals surface area (Å²) in [5.41, 5.74) is 4.83. The molecule has 2 aromatic rings. The molecule has 200 valence electrons. The normalized spacial score (nSPS) is 9.22. The van der Waals surface area contributed by atoms with Crippen LogP contribution >= 0.6 is 11.9 Å². The van der Waals surface area contributed by atoms with Gasteiger partial charge in [0.1, 0.15) is 0 Å². The van der Waals surface area contributed by atoms with Gasteiger partial charge in [-0.15, -0.1) is 0 Å². The van der Waals surface area contributed by atoms with E-state index in [2.05, 4.69) is 103 Å². The Morgan fingerprint density at radius 1 is 1.06 bits per heavy atom. The average Bonchev–Trinajstić information content (AvgIpc) is 2.87. The van der Waals surface area contributed by atoms with Crippen LogP contribution in [-0.2, 0) is 9.53 Å². The van der Waals surface area contributed by atoms with Gasteiger partial charge in [0.25, 0.3) is 0 Å². The van der Waals surface area contributed by atoms with Crippen LogP contribution in [0.25, 0.3) is 5.57 Å². The number of carbonyl (C=O) groups is 1. The van der Waals surface area contributed by atoms with Gasteiger partial charge in [-0.3, -0.25) is 4.79 Å². The zero-order valence-electron chi connectivity index (χ0n) is 23.6. The molecule has 0 spiro atoms. The minimum atomic E-state index is -0.211. The maximum absolute atomic E-state index is 9.82. The van der Waals surface area contributed by atoms with Crippen LogP contribution < -0.4 is 5.32 Å². The molecule has 0 aliphatic heterocycles. The van der Waals surface area contributed by atoms with Gasteiger partial charge in [0.15, 0.2) is 0 Å². The largest absolute Gasteiger partial charge is 0.466 e. The Kier molecular flexibility index (Phi) is 23.6. The second-order valence-corrected chi connectivity index (χ2v) is 8.52. The zero-order chi connectivity index (χ0) is 27.8. The van der Waals surface area contributed by atoms with E-state index >= 15 is 0 Å². The van der Waals surface area contributed by atoms with Gasteiger partial charge < -0.3 is 10.1 Å². The molecule has 0 unspecified atom stereocenters. The summed E-state index contributed by atoms with van der Waals surface area (Å²) in [5.74, 6) is -0.211. The topological polar surface area (TPSA) is 41.6 Å². The van der Waals surface area contributed by atoms with Crippen LogP contribution in [0.5, 0.6) is 0 Å². The molecule has 0 bridgehead atoms. The van der Waals surface area contributed by atoms with E-state index in [4.69, 9.17) is 0 Å². The molecule has 0 aliphatic carbocycles. The van der Waals surface area contributed by atoms with Crippen LogP contribution in [-0.4, -0.2) is 36.5 Å². The fourth-order valence-electron chi connectivity index (χ4n) is 2.83. The number of hydrogen-bond acceptors (Lipinski definition) is 5. The Hall–Kier alpha value is -2.76. The van der Waals surface area contributed by atoms with Crippen LogP contribution in [0.15, 0.2) is 85.3 Å². The number of esters is 1. The molecule has 5 heteroatoms. The van der Waals surface area contributed by atoms with Gasteiger partial charge >= 0.3 is 5.97 Å². The number of nitrogens with one attached hydrogen (secondary N) is 1. The van der Waals surface area contributed by atoms with E-state index in [1.165, 1.54) is 28.6 Å². The molecular formula is C31H48N2O2S. The number of benzene rings is 2. The highest BCUT2D eigenvalue weighted by Crippen LogP contribution is 2.29. The highest BCUT2D eigenvalue weighted by atomic mass is 32.2. The number of hydrogen-bond donors (Lipinski definition) is 1. The van der Waals surface area contributed by atoms with Crippen molar-refractivity contribution in [3.05, 3.63) is 91.5 Å². The molecule has 36 heavy (non-hydrogen) atoms. The first-order valence-electron chi connectivity index (χ1n) is 12.7. The van der Waals surface area contributed by atoms with Crippen molar-refractivity contribution in [2.75, 3.05) is 31.6 Å². The van der Waals surface area contributed by atoms with Gasteiger partial charge in [-0.25, -0.2) is 4.31 Å². The van der Waals surface area contributed by atoms with Crippen molar-refractivity contribution in [2.45, 2.75) is 59.8 Å². The van der Waals surface area contributed by atoms with E-state index < -0.39 is 0 Å². The van der Waals surface area contributed by atoms with Crippen molar-refractivity contribution in [1.82, 2.24) is 4.31 Å². The standard InChI is InChI=1S/C21H28N2S.C4H8O2.C4H6.C2H6/c1-5-14-23(24-19-10-8-7-9-11-19)16-18(4)20-15-17(3)12-13-21(20)22-6-2;1-3-6-4(2)5;1-3-4-2;1-2/h7-13,15,22H,4-6,14,16H2,1-3H3;3H2,1-2H3;3-4H,1-2H2;1-2H3. The molecule has 0 saturated carbocycles. The Bertz CT molecular complexity index is 860. The Morgan fingerprint density at radius 2 is 1.67 bits per heavy atom. The number of carbonyl (C=O) groups excluding carboxylic acids is 1. The number of anilines is 1. The van der Waals surface area contributed by atoms with E-state index in [0.717, 1.165) is 31.6 Å². The number of aryl methyl sites for hydroxylation is 1. The number of nitrogens with zero attached hydrogens (tertiary/aromatic N) is 1. The van der Waals surface area contributed by atoms with Crippen molar-refractivity contribution in [1.29, 1.82) is 0 Å². The third-order valence-corrected chi connectivity index (χ3v) is 5.31. The predicted octanol–water partition coefficient (Wildman–Crippen LogP) is 8.81. The SMILES string of the molecule is C=C(CN(CCC)Sc1ccccc1)c1cc(C)ccc1NCC.C=CC=C.CC.CCOC(C)=O. The molecule has 0 aromatic heterocycles. The van der Waals surface area contributed by atoms with Crippen LogP contribution in [0.2, 0.25) is 0 Å². The van der Waals surface area contributed by atoms with Gasteiger partial charge in [-0.2, -0.15) is 0 Å². The fraction of sp³-hybridized carbons (Fsp3) is 0.387. The van der Waals surface area contributed by atoms with Crippen molar-refractivity contribution in [3.8, 4) is 0 Å². The molecular weight excluding hydrogens is 464 g/mol. The van der Waals surface area contributed by atoms with Crippen molar-refractivity contribution >= 4 is 29.2 Å². The minimum Gasteiger partial charge on any atom is -0.466 e. The first-order chi connectivity index (χ1) is 17.3. The minimum absolute atomic E-state index is 0.211. The molecule has 0 heterocycles. The monoisotopic (exact) mass is 512 g/mol. The molecule has 2 rings (SSSR count). The highest BCUT2D eigenvalue weighted by molar-refractivity contribution is 7.97. The lowest BCUT2D eigenvalue weighted by Gasteiger charge is -2.23. The summed E-state index contributed by atoms with van der Waals surface area (Å²) in [5, 5.41) is 3.45. The van der Waals surface area contributed by atoms with Gasteiger partial charge in [0.2, 0.25) is 0 Å². The molecule has 2 aromatic carbocycles. The van der Waals surface area contributed by atoms with Crippen LogP contribution in [0.4, 0.5) is 5.69 Å². The molecule has 4 nitrogen and oxygen atoms in total. The smallest absolute Gasteiger partial charge is 0.302 e. The summed E-state index contributed by atoms with van der Waals surface area (Å²) >= 11 is 1.81. The summed E-state index contributed by atoms with van der Waals surface area (Å²) in [6, 6.07) is 17.1. The van der Waals surface area contributed by atoms with E-state index in [0.29, 0.717) is 6.61 Å². The molecule has 0 saturated heterocycles. The maximum Gasteiger partial charge on any atom is 0.302 e. The first-order valence-corrected chi connectivity index (χ1v) is 13.5. The molecule has 0 atom stereocenters. The quantitative estimate of drug-likeness (QED) is 0.185. The van der Waals surface area contributed by atoms with Crippen LogP contribution in [0.1, 0.15) is 59.1 Å². The van der Waals surface area contributed by atoms with E-state index in [1.807, 2.05) is 25.8 Å². The van der Waals surface area contributed by atoms with Crippen LogP contribution in [0, 0.1) is 6.92 Å². The molecule has 0 amide bonds. The molecule has 0 fully saturated rings. The van der Waals surface area contributed by atoms with E-state index in [1.54, 1.807) is 19.1 Å². The summed E-state index contributed by atoms with van der Waals surface area (Å²) in [7, 11) is 0. The first kappa shape index (κ1) is 35.4. The summed E-state index contributed by atoms with van der Waals surface area (Å²) in [4.78, 5) is 11.1. The second-order valence-electron chi connectivity index (χ2n) is 7.35. The van der Waals surface area contributed by atoms with Gasteiger partial charge in [0.05, 0.1) is 6.61 Å². The number of ether oxygens (including phenoxy) is 1. The Balaban J connectivity index is 0. The number of rotatable bonds is 11. The Morgan fingerprint density at radius 3 is 2.11 bits per heavy atom. The van der Waals surface area contributed by atoms with Crippen LogP contribution in [0.3, 0.4) is 0 Å². The average molecular weight is 513 g/mol. The fourth-order valence-corrected chi connectivity index (χ4v) is 3.90. The van der Waals surface area contributed by atoms with E-state index in [-0.39, 0.29) is 5.97 Å². The predicted molar refractivity (Wildman–Crippen MR) is 163 cm³/mol. The van der Waals surface area contributed by atoms with E-state index in [9.17, 15) is 4.79 Å². The second kappa shape index (κ2) is 24.0. The lowest BCUT2D eigenvalue weighted by atomic mass is 10.0. The summed E-state index contributed by atoms with van der Waals surface area (Å²) in [6.45, 7) is 28.0. The third kappa shape index (κ3) is 17.6. The van der Waals surface area contributed by atoms with Gasteiger partial charge in [-0.1, -0.05) is 82.5 Å². The molecule has 0 radical (unpaired) electrons. The Labute approximate surface area is 225 Å².